The minimum atomic E-state index is 0.339. The van der Waals surface area contributed by atoms with Crippen LogP contribution in [-0.2, 0) is 0 Å². The Morgan fingerprint density at radius 1 is 1.38 bits per heavy atom. The van der Waals surface area contributed by atoms with Crippen molar-refractivity contribution in [3.63, 3.8) is 0 Å². The van der Waals surface area contributed by atoms with Crippen molar-refractivity contribution < 1.29 is 0 Å². The molecule has 0 amide bonds. The molecule has 4 nitrogen and oxygen atoms in total. The van der Waals surface area contributed by atoms with Gasteiger partial charge in [0.25, 0.3) is 0 Å². The molecule has 1 N–H and O–H groups in total. The predicted octanol–water partition coefficient (Wildman–Crippen LogP) is 1.63. The average molecular weight is 241 g/mol. The van der Waals surface area contributed by atoms with Gasteiger partial charge in [-0.15, -0.1) is 0 Å². The van der Waals surface area contributed by atoms with E-state index < -0.39 is 0 Å². The lowest BCUT2D eigenvalue weighted by Crippen LogP contribution is -2.41. The number of rotatable bonds is 2. The fourth-order valence-corrected chi connectivity index (χ4v) is 2.30. The number of hydrogen-bond donors (Lipinski definition) is 1. The Kier molecular flexibility index (Phi) is 3.61. The lowest BCUT2D eigenvalue weighted by Gasteiger charge is -2.32. The fraction of sp³-hybridized carbons (Fsp3) is 0.636. The van der Waals surface area contributed by atoms with Gasteiger partial charge in [0.1, 0.15) is 5.82 Å². The first-order valence-corrected chi connectivity index (χ1v) is 6.00. The molecule has 0 atom stereocenters. The lowest BCUT2D eigenvalue weighted by atomic mass is 10.1. The Bertz CT molecular complexity index is 341. The van der Waals surface area contributed by atoms with Gasteiger partial charge in [-0.3, -0.25) is 0 Å². The number of aryl methyl sites for hydroxylation is 1. The maximum atomic E-state index is 5.86. The summed E-state index contributed by atoms with van der Waals surface area (Å²) in [5, 5.41) is 3.65. The van der Waals surface area contributed by atoms with E-state index in [4.69, 9.17) is 11.6 Å². The molecule has 0 spiro atoms. The quantitative estimate of drug-likeness (QED) is 0.798. The summed E-state index contributed by atoms with van der Waals surface area (Å²) in [5.74, 6) is 0.951. The van der Waals surface area contributed by atoms with Crippen LogP contribution >= 0.6 is 11.6 Å². The molecule has 1 aromatic rings. The fourth-order valence-electron chi connectivity index (χ4n) is 2.08. The summed E-state index contributed by atoms with van der Waals surface area (Å²) in [7, 11) is 2.02. The summed E-state index contributed by atoms with van der Waals surface area (Å²) in [5.41, 5.74) is 0.922. The van der Waals surface area contributed by atoms with Gasteiger partial charge < -0.3 is 10.2 Å². The van der Waals surface area contributed by atoms with Crippen molar-refractivity contribution in [2.45, 2.75) is 25.8 Å². The highest BCUT2D eigenvalue weighted by atomic mass is 35.5. The van der Waals surface area contributed by atoms with Gasteiger partial charge in [-0.1, -0.05) is 0 Å². The third-order valence-corrected chi connectivity index (χ3v) is 3.21. The molecule has 2 rings (SSSR count). The van der Waals surface area contributed by atoms with E-state index in [2.05, 4.69) is 20.2 Å². The molecular weight excluding hydrogens is 224 g/mol. The van der Waals surface area contributed by atoms with Crippen molar-refractivity contribution in [3.8, 4) is 0 Å². The average Bonchev–Trinajstić information content (AvgIpc) is 2.28. The number of nitrogens with zero attached hydrogens (tertiary/aromatic N) is 3. The molecule has 0 bridgehead atoms. The summed E-state index contributed by atoms with van der Waals surface area (Å²) in [4.78, 5) is 10.6. The van der Waals surface area contributed by atoms with Crippen molar-refractivity contribution in [1.29, 1.82) is 0 Å². The van der Waals surface area contributed by atoms with Gasteiger partial charge in [-0.25, -0.2) is 9.97 Å². The maximum absolute atomic E-state index is 5.86. The van der Waals surface area contributed by atoms with Gasteiger partial charge in [0.05, 0.1) is 0 Å². The molecule has 0 aliphatic carbocycles. The topological polar surface area (TPSA) is 41.0 Å². The van der Waals surface area contributed by atoms with Gasteiger partial charge in [0.15, 0.2) is 0 Å². The van der Waals surface area contributed by atoms with Crippen LogP contribution in [0.5, 0.6) is 0 Å². The minimum absolute atomic E-state index is 0.339. The third-order valence-electron chi connectivity index (χ3n) is 3.04. The van der Waals surface area contributed by atoms with Crippen molar-refractivity contribution in [2.75, 3.05) is 25.0 Å². The zero-order valence-corrected chi connectivity index (χ0v) is 10.5. The normalized spacial score (nSPS) is 17.8. The van der Waals surface area contributed by atoms with Gasteiger partial charge in [0, 0.05) is 30.9 Å². The number of halogens is 1. The van der Waals surface area contributed by atoms with E-state index in [-0.39, 0.29) is 0 Å². The second kappa shape index (κ2) is 4.97. The molecule has 1 fully saturated rings. The molecule has 0 aromatic carbocycles. The molecule has 0 unspecified atom stereocenters. The van der Waals surface area contributed by atoms with Crippen molar-refractivity contribution in [3.05, 3.63) is 17.0 Å². The second-order valence-corrected chi connectivity index (χ2v) is 4.52. The van der Waals surface area contributed by atoms with E-state index >= 15 is 0 Å². The highest BCUT2D eigenvalue weighted by Crippen LogP contribution is 2.19. The number of anilines is 1. The molecule has 1 saturated heterocycles. The monoisotopic (exact) mass is 240 g/mol. The first kappa shape index (κ1) is 11.6. The van der Waals surface area contributed by atoms with Crippen LogP contribution in [0.15, 0.2) is 6.07 Å². The maximum Gasteiger partial charge on any atom is 0.224 e. The van der Waals surface area contributed by atoms with E-state index in [9.17, 15) is 0 Å². The molecule has 0 radical (unpaired) electrons. The number of hydrogen-bond acceptors (Lipinski definition) is 4. The smallest absolute Gasteiger partial charge is 0.224 e. The zero-order valence-electron chi connectivity index (χ0n) is 9.70. The SMILES string of the molecule is CNC1CCN(c2cc(C)nc(Cl)n2)CC1. The molecule has 1 aromatic heterocycles. The molecule has 2 heterocycles. The standard InChI is InChI=1S/C11H17ClN4/c1-8-7-10(15-11(12)14-8)16-5-3-9(13-2)4-6-16/h7,9,13H,3-6H2,1-2H3. The van der Waals surface area contributed by atoms with Gasteiger partial charge in [-0.05, 0) is 38.4 Å². The van der Waals surface area contributed by atoms with Crippen LogP contribution in [0, 0.1) is 6.92 Å². The molecular formula is C11H17ClN4. The Morgan fingerprint density at radius 3 is 2.62 bits per heavy atom. The highest BCUT2D eigenvalue weighted by molar-refractivity contribution is 6.28. The van der Waals surface area contributed by atoms with E-state index in [1.165, 1.54) is 0 Å². The Labute approximate surface area is 101 Å². The Morgan fingerprint density at radius 2 is 2.06 bits per heavy atom. The summed E-state index contributed by atoms with van der Waals surface area (Å²) >= 11 is 5.86. The summed E-state index contributed by atoms with van der Waals surface area (Å²) in [6.45, 7) is 3.99. The van der Waals surface area contributed by atoms with Crippen LogP contribution in [0.25, 0.3) is 0 Å². The molecule has 1 aliphatic rings. The van der Waals surface area contributed by atoms with Gasteiger partial charge >= 0.3 is 0 Å². The number of piperidine rings is 1. The van der Waals surface area contributed by atoms with Gasteiger partial charge in [-0.2, -0.15) is 0 Å². The van der Waals surface area contributed by atoms with Crippen LogP contribution in [0.4, 0.5) is 5.82 Å². The van der Waals surface area contributed by atoms with Crippen LogP contribution in [0.1, 0.15) is 18.5 Å². The molecule has 1 aliphatic heterocycles. The van der Waals surface area contributed by atoms with Crippen LogP contribution < -0.4 is 10.2 Å². The summed E-state index contributed by atoms with van der Waals surface area (Å²) < 4.78 is 0. The van der Waals surface area contributed by atoms with Crippen molar-refractivity contribution >= 4 is 17.4 Å². The first-order chi connectivity index (χ1) is 7.69. The molecule has 5 heteroatoms. The van der Waals surface area contributed by atoms with E-state index in [1.807, 2.05) is 20.0 Å². The summed E-state index contributed by atoms with van der Waals surface area (Å²) in [6.07, 6.45) is 2.30. The second-order valence-electron chi connectivity index (χ2n) is 4.19. The first-order valence-electron chi connectivity index (χ1n) is 5.62. The van der Waals surface area contributed by atoms with E-state index in [0.717, 1.165) is 37.4 Å². The van der Waals surface area contributed by atoms with Crippen molar-refractivity contribution in [2.24, 2.45) is 0 Å². The van der Waals surface area contributed by atoms with Crippen LogP contribution in [0.2, 0.25) is 5.28 Å². The highest BCUT2D eigenvalue weighted by Gasteiger charge is 2.19. The Balaban J connectivity index is 2.08. The molecule has 88 valence electrons. The number of aromatic nitrogens is 2. The molecule has 16 heavy (non-hydrogen) atoms. The minimum Gasteiger partial charge on any atom is -0.356 e. The Hall–Kier alpha value is -0.870. The third kappa shape index (κ3) is 2.62. The largest absolute Gasteiger partial charge is 0.356 e. The summed E-state index contributed by atoms with van der Waals surface area (Å²) in [6, 6.07) is 2.63. The molecule has 0 saturated carbocycles. The van der Waals surface area contributed by atoms with Crippen LogP contribution in [0.3, 0.4) is 0 Å². The zero-order chi connectivity index (χ0) is 11.5. The van der Waals surface area contributed by atoms with Gasteiger partial charge in [0.2, 0.25) is 5.28 Å². The van der Waals surface area contributed by atoms with Crippen molar-refractivity contribution in [1.82, 2.24) is 15.3 Å². The lowest BCUT2D eigenvalue weighted by molar-refractivity contribution is 0.440. The van der Waals surface area contributed by atoms with E-state index in [0.29, 0.717) is 11.3 Å². The number of nitrogens with one attached hydrogen (secondary N) is 1. The predicted molar refractivity (Wildman–Crippen MR) is 66.1 cm³/mol. The van der Waals surface area contributed by atoms with E-state index in [1.54, 1.807) is 0 Å². The van der Waals surface area contributed by atoms with Crippen LogP contribution in [-0.4, -0.2) is 36.1 Å².